The van der Waals surface area contributed by atoms with Gasteiger partial charge >= 0.3 is 0 Å². The standard InChI is InChI=1S/C13H18OS/c1-4-13(3)6-5-10-8-11(14)7-9(2)12(10)15-13/h7-8,14H,4-6H2,1-3H3. The number of aryl methyl sites for hydroxylation is 2. The van der Waals surface area contributed by atoms with Gasteiger partial charge in [-0.1, -0.05) is 13.8 Å². The molecule has 2 rings (SSSR count). The third-order valence-corrected chi connectivity index (χ3v) is 5.13. The highest BCUT2D eigenvalue weighted by Gasteiger charge is 2.30. The Labute approximate surface area is 95.9 Å². The Kier molecular flexibility index (Phi) is 2.72. The molecule has 0 saturated heterocycles. The lowest BCUT2D eigenvalue weighted by molar-refractivity contribution is 0.471. The lowest BCUT2D eigenvalue weighted by Crippen LogP contribution is -2.23. The van der Waals surface area contributed by atoms with Gasteiger partial charge in [-0.05, 0) is 49.4 Å². The Morgan fingerprint density at radius 1 is 1.47 bits per heavy atom. The first-order valence-electron chi connectivity index (χ1n) is 5.55. The summed E-state index contributed by atoms with van der Waals surface area (Å²) >= 11 is 1.98. The van der Waals surface area contributed by atoms with E-state index >= 15 is 0 Å². The minimum atomic E-state index is 0.384. The van der Waals surface area contributed by atoms with E-state index in [4.69, 9.17) is 0 Å². The Hall–Kier alpha value is -0.630. The van der Waals surface area contributed by atoms with Gasteiger partial charge in [0.15, 0.2) is 0 Å². The largest absolute Gasteiger partial charge is 0.508 e. The maximum absolute atomic E-state index is 9.55. The van der Waals surface area contributed by atoms with Crippen LogP contribution >= 0.6 is 11.8 Å². The summed E-state index contributed by atoms with van der Waals surface area (Å²) in [6.07, 6.45) is 3.52. The minimum Gasteiger partial charge on any atom is -0.508 e. The summed E-state index contributed by atoms with van der Waals surface area (Å²) in [7, 11) is 0. The van der Waals surface area contributed by atoms with Crippen molar-refractivity contribution in [2.24, 2.45) is 0 Å². The van der Waals surface area contributed by atoms with Gasteiger partial charge in [-0.2, -0.15) is 0 Å². The fourth-order valence-corrected chi connectivity index (χ4v) is 3.46. The van der Waals surface area contributed by atoms with Crippen LogP contribution in [0.15, 0.2) is 17.0 Å². The summed E-state index contributed by atoms with van der Waals surface area (Å²) < 4.78 is 0.384. The first kappa shape index (κ1) is 10.9. The molecule has 0 fully saturated rings. The second-order valence-electron chi connectivity index (χ2n) is 4.66. The van der Waals surface area contributed by atoms with Crippen LogP contribution < -0.4 is 0 Å². The molecule has 0 bridgehead atoms. The van der Waals surface area contributed by atoms with Crippen LogP contribution in [0.3, 0.4) is 0 Å². The molecule has 1 aliphatic heterocycles. The zero-order valence-electron chi connectivity index (χ0n) is 9.63. The minimum absolute atomic E-state index is 0.384. The molecule has 15 heavy (non-hydrogen) atoms. The molecule has 1 aromatic rings. The number of thioether (sulfide) groups is 1. The lowest BCUT2D eigenvalue weighted by Gasteiger charge is -2.34. The van der Waals surface area contributed by atoms with Crippen LogP contribution in [-0.4, -0.2) is 9.85 Å². The lowest BCUT2D eigenvalue weighted by atomic mass is 9.96. The summed E-state index contributed by atoms with van der Waals surface area (Å²) in [4.78, 5) is 1.39. The number of hydrogen-bond donors (Lipinski definition) is 1. The van der Waals surface area contributed by atoms with E-state index in [1.165, 1.54) is 28.9 Å². The van der Waals surface area contributed by atoms with Crippen LogP contribution in [0, 0.1) is 6.92 Å². The highest BCUT2D eigenvalue weighted by Crippen LogP contribution is 2.47. The number of benzene rings is 1. The average molecular weight is 222 g/mol. The molecule has 1 N–H and O–H groups in total. The zero-order valence-corrected chi connectivity index (χ0v) is 10.4. The number of rotatable bonds is 1. The van der Waals surface area contributed by atoms with Gasteiger partial charge in [0.05, 0.1) is 0 Å². The van der Waals surface area contributed by atoms with Gasteiger partial charge < -0.3 is 5.11 Å². The molecular weight excluding hydrogens is 204 g/mol. The number of aromatic hydroxyl groups is 1. The molecule has 82 valence electrons. The Balaban J connectivity index is 2.42. The predicted molar refractivity (Wildman–Crippen MR) is 65.7 cm³/mol. The SMILES string of the molecule is CCC1(C)CCc2cc(O)cc(C)c2S1. The molecule has 0 amide bonds. The predicted octanol–water partition coefficient (Wildman–Crippen LogP) is 3.91. The second kappa shape index (κ2) is 3.75. The van der Waals surface area contributed by atoms with Crippen molar-refractivity contribution in [3.63, 3.8) is 0 Å². The molecule has 1 atom stereocenters. The molecule has 1 unspecified atom stereocenters. The van der Waals surface area contributed by atoms with Crippen molar-refractivity contribution >= 4 is 11.8 Å². The number of hydrogen-bond acceptors (Lipinski definition) is 2. The van der Waals surface area contributed by atoms with Crippen LogP contribution in [0.5, 0.6) is 5.75 Å². The van der Waals surface area contributed by atoms with Gasteiger partial charge in [0.2, 0.25) is 0 Å². The topological polar surface area (TPSA) is 20.2 Å². The van der Waals surface area contributed by atoms with Crippen molar-refractivity contribution < 1.29 is 5.11 Å². The molecule has 0 aromatic heterocycles. The Morgan fingerprint density at radius 3 is 2.87 bits per heavy atom. The van der Waals surface area contributed by atoms with Gasteiger partial charge in [0, 0.05) is 9.64 Å². The van der Waals surface area contributed by atoms with Crippen LogP contribution in [0.25, 0.3) is 0 Å². The first-order chi connectivity index (χ1) is 7.04. The molecule has 0 radical (unpaired) electrons. The van der Waals surface area contributed by atoms with E-state index in [0.717, 1.165) is 6.42 Å². The molecule has 0 aliphatic carbocycles. The number of phenolic OH excluding ortho intramolecular Hbond substituents is 1. The van der Waals surface area contributed by atoms with Crippen LogP contribution in [-0.2, 0) is 6.42 Å². The normalized spacial score (nSPS) is 25.0. The smallest absolute Gasteiger partial charge is 0.116 e. The van der Waals surface area contributed by atoms with Gasteiger partial charge in [-0.3, -0.25) is 0 Å². The molecule has 1 nitrogen and oxygen atoms in total. The average Bonchev–Trinajstić information content (AvgIpc) is 2.20. The third-order valence-electron chi connectivity index (χ3n) is 3.36. The summed E-state index contributed by atoms with van der Waals surface area (Å²) in [6.45, 7) is 6.69. The van der Waals surface area contributed by atoms with Gasteiger partial charge in [0.1, 0.15) is 5.75 Å². The van der Waals surface area contributed by atoms with Crippen LogP contribution in [0.1, 0.15) is 37.8 Å². The van der Waals surface area contributed by atoms with E-state index in [1.54, 1.807) is 0 Å². The highest BCUT2D eigenvalue weighted by molar-refractivity contribution is 8.00. The van der Waals surface area contributed by atoms with Crippen molar-refractivity contribution in [2.45, 2.75) is 49.7 Å². The summed E-state index contributed by atoms with van der Waals surface area (Å²) in [5, 5.41) is 9.55. The van der Waals surface area contributed by atoms with E-state index in [9.17, 15) is 5.11 Å². The first-order valence-corrected chi connectivity index (χ1v) is 6.37. The fourth-order valence-electron chi connectivity index (χ4n) is 2.10. The van der Waals surface area contributed by atoms with Crippen molar-refractivity contribution in [3.8, 4) is 5.75 Å². The molecule has 1 aromatic carbocycles. The van der Waals surface area contributed by atoms with Crippen LogP contribution in [0.4, 0.5) is 0 Å². The Bertz CT molecular complexity index is 386. The monoisotopic (exact) mass is 222 g/mol. The van der Waals surface area contributed by atoms with E-state index in [1.807, 2.05) is 23.9 Å². The van der Waals surface area contributed by atoms with Crippen LogP contribution in [0.2, 0.25) is 0 Å². The molecule has 0 spiro atoms. The van der Waals surface area contributed by atoms with Crippen molar-refractivity contribution in [1.82, 2.24) is 0 Å². The summed E-state index contributed by atoms with van der Waals surface area (Å²) in [5.41, 5.74) is 2.54. The fraction of sp³-hybridized carbons (Fsp3) is 0.538. The zero-order chi connectivity index (χ0) is 11.1. The Morgan fingerprint density at radius 2 is 2.20 bits per heavy atom. The third kappa shape index (κ3) is 2.00. The van der Waals surface area contributed by atoms with Crippen molar-refractivity contribution in [2.75, 3.05) is 0 Å². The molecular formula is C13H18OS. The molecule has 1 heterocycles. The van der Waals surface area contributed by atoms with Gasteiger partial charge in [0.25, 0.3) is 0 Å². The van der Waals surface area contributed by atoms with E-state index in [-0.39, 0.29) is 0 Å². The maximum Gasteiger partial charge on any atom is 0.116 e. The van der Waals surface area contributed by atoms with Crippen molar-refractivity contribution in [1.29, 1.82) is 0 Å². The second-order valence-corrected chi connectivity index (χ2v) is 6.25. The van der Waals surface area contributed by atoms with E-state index in [2.05, 4.69) is 20.8 Å². The number of phenols is 1. The van der Waals surface area contributed by atoms with Gasteiger partial charge in [-0.15, -0.1) is 11.8 Å². The molecule has 2 heteroatoms. The molecule has 1 aliphatic rings. The maximum atomic E-state index is 9.55. The number of fused-ring (bicyclic) bond motifs is 1. The van der Waals surface area contributed by atoms with E-state index < -0.39 is 0 Å². The summed E-state index contributed by atoms with van der Waals surface area (Å²) in [6, 6.07) is 3.79. The highest BCUT2D eigenvalue weighted by atomic mass is 32.2. The van der Waals surface area contributed by atoms with Gasteiger partial charge in [-0.25, -0.2) is 0 Å². The quantitative estimate of drug-likeness (QED) is 0.777. The van der Waals surface area contributed by atoms with E-state index in [0.29, 0.717) is 10.5 Å². The molecule has 0 saturated carbocycles. The summed E-state index contributed by atoms with van der Waals surface area (Å²) in [5.74, 6) is 0.409. The van der Waals surface area contributed by atoms with Crippen molar-refractivity contribution in [3.05, 3.63) is 23.3 Å².